The number of fused-ring (bicyclic) bond motifs is 1. The lowest BCUT2D eigenvalue weighted by Crippen LogP contribution is -1.99. The maximum Gasteiger partial charge on any atom is 0.356 e. The van der Waals surface area contributed by atoms with Crippen LogP contribution in [0.25, 0.3) is 22.2 Å². The van der Waals surface area contributed by atoms with Crippen LogP contribution in [0.15, 0.2) is 30.5 Å². The molecule has 21 heavy (non-hydrogen) atoms. The molecule has 1 N–H and O–H groups in total. The molecule has 0 aliphatic rings. The number of aromatic nitrogens is 3. The number of methoxy groups -OCH3 is 1. The van der Waals surface area contributed by atoms with Crippen molar-refractivity contribution in [2.75, 3.05) is 7.11 Å². The minimum atomic E-state index is -1.04. The molecule has 0 fully saturated rings. The Bertz CT molecular complexity index is 845. The van der Waals surface area contributed by atoms with E-state index in [4.69, 9.17) is 9.84 Å². The zero-order chi connectivity index (χ0) is 15.1. The molecule has 3 aromatic rings. The highest BCUT2D eigenvalue weighted by Crippen LogP contribution is 2.33. The van der Waals surface area contributed by atoms with Gasteiger partial charge < -0.3 is 14.4 Å². The Morgan fingerprint density at radius 1 is 1.29 bits per heavy atom. The summed E-state index contributed by atoms with van der Waals surface area (Å²) in [5.74, 6) is -0.287. The van der Waals surface area contributed by atoms with Crippen LogP contribution in [-0.4, -0.2) is 32.5 Å². The average Bonchev–Trinajstić information content (AvgIpc) is 3.02. The Hall–Kier alpha value is -2.76. The lowest BCUT2D eigenvalue weighted by Gasteiger charge is -2.08. The van der Waals surface area contributed by atoms with Gasteiger partial charge in [0.05, 0.1) is 18.3 Å². The van der Waals surface area contributed by atoms with E-state index in [0.29, 0.717) is 0 Å². The van der Waals surface area contributed by atoms with E-state index in [-0.39, 0.29) is 5.69 Å². The standard InChI is InChI=1S/C15H15N3O3/c1-17-5-4-10-13(17)6-9(7-14(10)21-3)12-8-11(15(19)20)16-18(12)2/h4-8H,1-3H3,(H,19,20). The number of ether oxygens (including phenoxy) is 1. The minimum absolute atomic E-state index is 0.0263. The Morgan fingerprint density at radius 2 is 2.05 bits per heavy atom. The predicted octanol–water partition coefficient (Wildman–Crippen LogP) is 2.29. The predicted molar refractivity (Wildman–Crippen MR) is 78.6 cm³/mol. The molecule has 0 amide bonds. The summed E-state index contributed by atoms with van der Waals surface area (Å²) in [4.78, 5) is 11.0. The molecule has 0 saturated carbocycles. The van der Waals surface area contributed by atoms with Crippen LogP contribution in [0.5, 0.6) is 5.75 Å². The Morgan fingerprint density at radius 3 is 2.67 bits per heavy atom. The number of aromatic carboxylic acids is 1. The van der Waals surface area contributed by atoms with E-state index in [2.05, 4.69) is 5.10 Å². The summed E-state index contributed by atoms with van der Waals surface area (Å²) in [5.41, 5.74) is 2.64. The second-order valence-corrected chi connectivity index (χ2v) is 4.88. The highest BCUT2D eigenvalue weighted by molar-refractivity contribution is 5.92. The van der Waals surface area contributed by atoms with E-state index in [0.717, 1.165) is 27.9 Å². The number of carbonyl (C=O) groups is 1. The summed E-state index contributed by atoms with van der Waals surface area (Å²) < 4.78 is 9.00. The van der Waals surface area contributed by atoms with Gasteiger partial charge in [0.15, 0.2) is 5.69 Å². The molecular weight excluding hydrogens is 270 g/mol. The van der Waals surface area contributed by atoms with Crippen LogP contribution < -0.4 is 4.74 Å². The quantitative estimate of drug-likeness (QED) is 0.801. The summed E-state index contributed by atoms with van der Waals surface area (Å²) in [6.07, 6.45) is 1.96. The van der Waals surface area contributed by atoms with Crippen LogP contribution in [0.1, 0.15) is 10.5 Å². The Labute approximate surface area is 121 Å². The van der Waals surface area contributed by atoms with Gasteiger partial charge in [0, 0.05) is 31.2 Å². The summed E-state index contributed by atoms with van der Waals surface area (Å²) in [6, 6.07) is 7.45. The molecule has 6 heteroatoms. The van der Waals surface area contributed by atoms with Crippen molar-refractivity contribution in [2.24, 2.45) is 14.1 Å². The van der Waals surface area contributed by atoms with Crippen LogP contribution in [0, 0.1) is 0 Å². The first-order valence-corrected chi connectivity index (χ1v) is 6.42. The fourth-order valence-corrected chi connectivity index (χ4v) is 2.50. The van der Waals surface area contributed by atoms with Crippen molar-refractivity contribution in [1.82, 2.24) is 14.3 Å². The lowest BCUT2D eigenvalue weighted by atomic mass is 10.1. The van der Waals surface area contributed by atoms with Crippen LogP contribution >= 0.6 is 0 Å². The van der Waals surface area contributed by atoms with Gasteiger partial charge in [-0.3, -0.25) is 4.68 Å². The third-order valence-corrected chi connectivity index (χ3v) is 3.58. The molecule has 6 nitrogen and oxygen atoms in total. The topological polar surface area (TPSA) is 69.3 Å². The van der Waals surface area contributed by atoms with Crippen molar-refractivity contribution in [3.8, 4) is 17.0 Å². The summed E-state index contributed by atoms with van der Waals surface area (Å²) in [7, 11) is 5.30. The van der Waals surface area contributed by atoms with Crippen LogP contribution in [0.4, 0.5) is 0 Å². The zero-order valence-electron chi connectivity index (χ0n) is 12.0. The smallest absolute Gasteiger partial charge is 0.356 e. The van der Waals surface area contributed by atoms with Crippen molar-refractivity contribution >= 4 is 16.9 Å². The monoisotopic (exact) mass is 285 g/mol. The number of carboxylic acids is 1. The van der Waals surface area contributed by atoms with Crippen molar-refractivity contribution in [2.45, 2.75) is 0 Å². The van der Waals surface area contributed by atoms with Crippen molar-refractivity contribution in [3.05, 3.63) is 36.2 Å². The van der Waals surface area contributed by atoms with Crippen molar-refractivity contribution in [3.63, 3.8) is 0 Å². The van der Waals surface area contributed by atoms with E-state index in [1.54, 1.807) is 24.9 Å². The average molecular weight is 285 g/mol. The number of hydrogen-bond donors (Lipinski definition) is 1. The van der Waals surface area contributed by atoms with Gasteiger partial charge in [0.1, 0.15) is 5.75 Å². The molecule has 0 saturated heterocycles. The summed E-state index contributed by atoms with van der Waals surface area (Å²) in [6.45, 7) is 0. The second kappa shape index (κ2) is 4.66. The number of aryl methyl sites for hydroxylation is 2. The summed E-state index contributed by atoms with van der Waals surface area (Å²) in [5, 5.41) is 14.1. The second-order valence-electron chi connectivity index (χ2n) is 4.88. The molecule has 0 aliphatic carbocycles. The van der Waals surface area contributed by atoms with E-state index in [9.17, 15) is 4.79 Å². The van der Waals surface area contributed by atoms with Crippen LogP contribution in [0.3, 0.4) is 0 Å². The molecule has 0 radical (unpaired) electrons. The molecule has 0 spiro atoms. The normalized spacial score (nSPS) is 11.0. The molecule has 0 aliphatic heterocycles. The van der Waals surface area contributed by atoms with Gasteiger partial charge in [-0.2, -0.15) is 5.10 Å². The maximum atomic E-state index is 11.0. The van der Waals surface area contributed by atoms with Gasteiger partial charge >= 0.3 is 5.97 Å². The molecular formula is C15H15N3O3. The highest BCUT2D eigenvalue weighted by atomic mass is 16.5. The van der Waals surface area contributed by atoms with E-state index < -0.39 is 5.97 Å². The molecule has 0 bridgehead atoms. The third kappa shape index (κ3) is 2.05. The van der Waals surface area contributed by atoms with Crippen molar-refractivity contribution in [1.29, 1.82) is 0 Å². The molecule has 1 aromatic carbocycles. The summed E-state index contributed by atoms with van der Waals surface area (Å²) >= 11 is 0. The number of hydrogen-bond acceptors (Lipinski definition) is 3. The largest absolute Gasteiger partial charge is 0.496 e. The molecule has 108 valence electrons. The first-order chi connectivity index (χ1) is 10.0. The van der Waals surface area contributed by atoms with Gasteiger partial charge in [-0.25, -0.2) is 4.79 Å². The van der Waals surface area contributed by atoms with Gasteiger partial charge in [0.2, 0.25) is 0 Å². The van der Waals surface area contributed by atoms with E-state index in [1.807, 2.05) is 36.0 Å². The van der Waals surface area contributed by atoms with Crippen LogP contribution in [-0.2, 0) is 14.1 Å². The van der Waals surface area contributed by atoms with E-state index >= 15 is 0 Å². The number of nitrogens with zero attached hydrogens (tertiary/aromatic N) is 3. The highest BCUT2D eigenvalue weighted by Gasteiger charge is 2.15. The van der Waals surface area contributed by atoms with Crippen molar-refractivity contribution < 1.29 is 14.6 Å². The SMILES string of the molecule is COc1cc(-c2cc(C(=O)O)nn2C)cc2c1ccn2C. The first kappa shape index (κ1) is 13.2. The number of carboxylic acid groups (broad SMARTS) is 1. The van der Waals surface area contributed by atoms with Gasteiger partial charge in [0.25, 0.3) is 0 Å². The fourth-order valence-electron chi connectivity index (χ4n) is 2.50. The molecule has 0 atom stereocenters. The van der Waals surface area contributed by atoms with Gasteiger partial charge in [-0.05, 0) is 24.3 Å². The van der Waals surface area contributed by atoms with Gasteiger partial charge in [-0.15, -0.1) is 0 Å². The Balaban J connectivity index is 2.25. The zero-order valence-corrected chi connectivity index (χ0v) is 12.0. The van der Waals surface area contributed by atoms with Gasteiger partial charge in [-0.1, -0.05) is 0 Å². The fraction of sp³-hybridized carbons (Fsp3) is 0.200. The maximum absolute atomic E-state index is 11.0. The number of benzene rings is 1. The molecule has 2 heterocycles. The third-order valence-electron chi connectivity index (χ3n) is 3.58. The molecule has 3 rings (SSSR count). The van der Waals surface area contributed by atoms with Crippen LogP contribution in [0.2, 0.25) is 0 Å². The molecule has 0 unspecified atom stereocenters. The lowest BCUT2D eigenvalue weighted by molar-refractivity contribution is 0.0689. The minimum Gasteiger partial charge on any atom is -0.496 e. The molecule has 2 aromatic heterocycles. The first-order valence-electron chi connectivity index (χ1n) is 6.42. The van der Waals surface area contributed by atoms with E-state index in [1.165, 1.54) is 0 Å². The Kier molecular flexibility index (Phi) is 2.94. The number of rotatable bonds is 3.